The molecule has 1 aromatic carbocycles. The molecule has 0 spiro atoms. The molecule has 0 saturated heterocycles. The van der Waals surface area contributed by atoms with Gasteiger partial charge in [0.25, 0.3) is 5.91 Å². The lowest BCUT2D eigenvalue weighted by atomic mass is 10.1. The Morgan fingerprint density at radius 1 is 1.40 bits per heavy atom. The van der Waals surface area contributed by atoms with Gasteiger partial charge in [0.1, 0.15) is 0 Å². The normalized spacial score (nSPS) is 21.9. The minimum absolute atomic E-state index is 0.00769. The molecule has 4 nitrogen and oxygen atoms in total. The van der Waals surface area contributed by atoms with Crippen LogP contribution in [0, 0.1) is 11.8 Å². The number of halogens is 1. The summed E-state index contributed by atoms with van der Waals surface area (Å²) in [6.45, 7) is 3.69. The number of rotatable bonds is 5. The molecule has 1 aromatic rings. The molecule has 1 saturated carbocycles. The van der Waals surface area contributed by atoms with Crippen molar-refractivity contribution in [2.75, 3.05) is 6.61 Å². The van der Waals surface area contributed by atoms with Crippen molar-refractivity contribution in [2.45, 2.75) is 26.3 Å². The van der Waals surface area contributed by atoms with Gasteiger partial charge in [-0.05, 0) is 37.0 Å². The first kappa shape index (κ1) is 15.0. The second kappa shape index (κ2) is 6.39. The van der Waals surface area contributed by atoms with Gasteiger partial charge in [-0.3, -0.25) is 9.59 Å². The Morgan fingerprint density at radius 2 is 2.00 bits per heavy atom. The molecule has 1 aliphatic rings. The van der Waals surface area contributed by atoms with E-state index in [1.54, 1.807) is 0 Å². The standard InChI is InChI=1S/C15H18BrNO3/c1-9-7-13(9)15(19)20-8-14(18)17-10(2)11-3-5-12(16)6-4-11/h3-6,9-10,13H,7-8H2,1-2H3,(H,17,18)/t9-,10+,13-/m1/s1. The van der Waals surface area contributed by atoms with Gasteiger partial charge in [-0.25, -0.2) is 0 Å². The topological polar surface area (TPSA) is 55.4 Å². The van der Waals surface area contributed by atoms with E-state index in [1.165, 1.54) is 0 Å². The summed E-state index contributed by atoms with van der Waals surface area (Å²) in [6.07, 6.45) is 0.871. The van der Waals surface area contributed by atoms with Crippen LogP contribution in [0.5, 0.6) is 0 Å². The molecule has 5 heteroatoms. The van der Waals surface area contributed by atoms with Crippen LogP contribution in [0.3, 0.4) is 0 Å². The molecule has 1 aliphatic carbocycles. The summed E-state index contributed by atoms with van der Waals surface area (Å²) in [5.41, 5.74) is 1.00. The molecule has 0 heterocycles. The minimum atomic E-state index is -0.276. The molecule has 1 fully saturated rings. The lowest BCUT2D eigenvalue weighted by Crippen LogP contribution is -2.31. The summed E-state index contributed by atoms with van der Waals surface area (Å²) in [6, 6.07) is 7.60. The van der Waals surface area contributed by atoms with E-state index in [1.807, 2.05) is 38.1 Å². The van der Waals surface area contributed by atoms with E-state index in [2.05, 4.69) is 21.2 Å². The molecule has 20 heavy (non-hydrogen) atoms. The van der Waals surface area contributed by atoms with Gasteiger partial charge in [-0.2, -0.15) is 0 Å². The van der Waals surface area contributed by atoms with E-state index in [0.717, 1.165) is 16.5 Å². The van der Waals surface area contributed by atoms with Crippen molar-refractivity contribution in [3.63, 3.8) is 0 Å². The van der Waals surface area contributed by atoms with Gasteiger partial charge in [-0.1, -0.05) is 35.0 Å². The van der Waals surface area contributed by atoms with Crippen LogP contribution in [0.15, 0.2) is 28.7 Å². The maximum Gasteiger partial charge on any atom is 0.309 e. The van der Waals surface area contributed by atoms with Gasteiger partial charge in [0.15, 0.2) is 6.61 Å². The summed E-state index contributed by atoms with van der Waals surface area (Å²) >= 11 is 3.37. The Morgan fingerprint density at radius 3 is 2.55 bits per heavy atom. The molecule has 2 rings (SSSR count). The number of ether oxygens (including phenoxy) is 1. The Kier molecular flexibility index (Phi) is 4.81. The van der Waals surface area contributed by atoms with Crippen LogP contribution in [-0.4, -0.2) is 18.5 Å². The van der Waals surface area contributed by atoms with E-state index >= 15 is 0 Å². The highest BCUT2D eigenvalue weighted by Gasteiger charge is 2.40. The maximum absolute atomic E-state index is 11.7. The number of nitrogens with one attached hydrogen (secondary N) is 1. The number of carbonyl (C=O) groups excluding carboxylic acids is 2. The van der Waals surface area contributed by atoms with Gasteiger partial charge in [0.05, 0.1) is 12.0 Å². The molecule has 0 aromatic heterocycles. The highest BCUT2D eigenvalue weighted by atomic mass is 79.9. The van der Waals surface area contributed by atoms with E-state index in [0.29, 0.717) is 5.92 Å². The van der Waals surface area contributed by atoms with Gasteiger partial charge >= 0.3 is 5.97 Å². The van der Waals surface area contributed by atoms with Crippen LogP contribution in [0.25, 0.3) is 0 Å². The average molecular weight is 340 g/mol. The Balaban J connectivity index is 1.76. The molecular formula is C15H18BrNO3. The predicted octanol–water partition coefficient (Wildman–Crippen LogP) is 2.83. The number of amides is 1. The fraction of sp³-hybridized carbons (Fsp3) is 0.467. The number of esters is 1. The third-order valence-corrected chi connectivity index (χ3v) is 4.03. The van der Waals surface area contributed by atoms with Gasteiger partial charge < -0.3 is 10.1 Å². The van der Waals surface area contributed by atoms with Crippen LogP contribution in [0.2, 0.25) is 0 Å². The summed E-state index contributed by atoms with van der Waals surface area (Å²) in [5, 5.41) is 2.81. The zero-order valence-corrected chi connectivity index (χ0v) is 13.1. The van der Waals surface area contributed by atoms with Crippen molar-refractivity contribution < 1.29 is 14.3 Å². The Labute approximate surface area is 127 Å². The summed E-state index contributed by atoms with van der Waals surface area (Å²) < 4.78 is 5.99. The van der Waals surface area contributed by atoms with Crippen LogP contribution in [-0.2, 0) is 14.3 Å². The van der Waals surface area contributed by atoms with E-state index in [4.69, 9.17) is 4.74 Å². The van der Waals surface area contributed by atoms with Gasteiger partial charge in [0, 0.05) is 4.47 Å². The minimum Gasteiger partial charge on any atom is -0.455 e. The van der Waals surface area contributed by atoms with Crippen molar-refractivity contribution in [1.29, 1.82) is 0 Å². The monoisotopic (exact) mass is 339 g/mol. The third kappa shape index (κ3) is 4.07. The zero-order chi connectivity index (χ0) is 14.7. The summed E-state index contributed by atoms with van der Waals surface area (Å²) in [5.74, 6) is -0.148. The van der Waals surface area contributed by atoms with E-state index < -0.39 is 0 Å². The lowest BCUT2D eigenvalue weighted by Gasteiger charge is -2.14. The summed E-state index contributed by atoms with van der Waals surface area (Å²) in [4.78, 5) is 23.2. The number of hydrogen-bond donors (Lipinski definition) is 1. The zero-order valence-electron chi connectivity index (χ0n) is 11.6. The van der Waals surface area contributed by atoms with Crippen molar-refractivity contribution >= 4 is 27.8 Å². The van der Waals surface area contributed by atoms with Crippen molar-refractivity contribution in [1.82, 2.24) is 5.32 Å². The molecule has 0 aliphatic heterocycles. The third-order valence-electron chi connectivity index (χ3n) is 3.51. The van der Waals surface area contributed by atoms with E-state index in [9.17, 15) is 9.59 Å². The van der Waals surface area contributed by atoms with Crippen LogP contribution in [0.1, 0.15) is 31.9 Å². The number of benzene rings is 1. The highest BCUT2D eigenvalue weighted by molar-refractivity contribution is 9.10. The SMILES string of the molecule is C[C@H](NC(=O)COC(=O)[C@@H]1C[C@H]1C)c1ccc(Br)cc1. The Bertz CT molecular complexity index is 500. The second-order valence-corrected chi connectivity index (χ2v) is 6.18. The quantitative estimate of drug-likeness (QED) is 0.839. The van der Waals surface area contributed by atoms with Crippen LogP contribution in [0.4, 0.5) is 0 Å². The molecule has 0 radical (unpaired) electrons. The van der Waals surface area contributed by atoms with Gasteiger partial charge in [-0.15, -0.1) is 0 Å². The first-order chi connectivity index (χ1) is 9.47. The summed E-state index contributed by atoms with van der Waals surface area (Å²) in [7, 11) is 0. The maximum atomic E-state index is 11.7. The van der Waals surface area contributed by atoms with Crippen LogP contribution < -0.4 is 5.32 Å². The largest absolute Gasteiger partial charge is 0.455 e. The van der Waals surface area contributed by atoms with Gasteiger partial charge in [0.2, 0.25) is 0 Å². The second-order valence-electron chi connectivity index (χ2n) is 5.27. The molecular weight excluding hydrogens is 322 g/mol. The molecule has 1 N–H and O–H groups in total. The molecule has 3 atom stereocenters. The molecule has 0 bridgehead atoms. The predicted molar refractivity (Wildman–Crippen MR) is 78.9 cm³/mol. The van der Waals surface area contributed by atoms with Crippen molar-refractivity contribution in [2.24, 2.45) is 11.8 Å². The average Bonchev–Trinajstić information content (AvgIpc) is 3.14. The highest BCUT2D eigenvalue weighted by Crippen LogP contribution is 2.38. The van der Waals surface area contributed by atoms with Crippen molar-refractivity contribution in [3.05, 3.63) is 34.3 Å². The first-order valence-corrected chi connectivity index (χ1v) is 7.48. The molecule has 0 unspecified atom stereocenters. The fourth-order valence-corrected chi connectivity index (χ4v) is 2.28. The Hall–Kier alpha value is -1.36. The van der Waals surface area contributed by atoms with E-state index in [-0.39, 0.29) is 30.4 Å². The first-order valence-electron chi connectivity index (χ1n) is 6.69. The smallest absolute Gasteiger partial charge is 0.309 e. The fourth-order valence-electron chi connectivity index (χ4n) is 2.01. The number of hydrogen-bond acceptors (Lipinski definition) is 3. The number of carbonyl (C=O) groups is 2. The van der Waals surface area contributed by atoms with Crippen molar-refractivity contribution in [3.8, 4) is 0 Å². The van der Waals surface area contributed by atoms with Crippen LogP contribution >= 0.6 is 15.9 Å². The molecule has 1 amide bonds. The lowest BCUT2D eigenvalue weighted by molar-refractivity contribution is -0.150. The molecule has 108 valence electrons.